The molecule has 0 aromatic heterocycles. The van der Waals surface area contributed by atoms with Crippen molar-refractivity contribution in [1.82, 2.24) is 0 Å². The summed E-state index contributed by atoms with van der Waals surface area (Å²) in [5, 5.41) is 0.653. The number of nitrogens with two attached hydrogens (primary N) is 1. The van der Waals surface area contributed by atoms with E-state index in [1.54, 1.807) is 0 Å². The maximum Gasteiger partial charge on any atom is 0.127 e. The Kier molecular flexibility index (Phi) is 3.68. The highest BCUT2D eigenvalue weighted by Crippen LogP contribution is 2.34. The van der Waals surface area contributed by atoms with E-state index >= 15 is 0 Å². The number of nitrogen functional groups attached to an aromatic ring is 1. The fourth-order valence-electron chi connectivity index (χ4n) is 2.02. The van der Waals surface area contributed by atoms with E-state index in [-0.39, 0.29) is 5.92 Å². The Morgan fingerprint density at radius 3 is 2.61 bits per heavy atom. The summed E-state index contributed by atoms with van der Waals surface area (Å²) in [5.74, 6) is -0.192. The second-order valence-electron chi connectivity index (χ2n) is 4.25. The highest BCUT2D eigenvalue weighted by Gasteiger charge is 2.14. The Hall–Kier alpha value is -1.80. The molecule has 1 unspecified atom stereocenters. The molecule has 0 aliphatic carbocycles. The van der Waals surface area contributed by atoms with Crippen LogP contribution >= 0.6 is 11.6 Å². The molecule has 2 aromatic carbocycles. The minimum atomic E-state index is -0.192. The van der Waals surface area contributed by atoms with Gasteiger partial charge in [0.1, 0.15) is 6.29 Å². The first-order chi connectivity index (χ1) is 8.63. The minimum Gasteiger partial charge on any atom is -0.398 e. The quantitative estimate of drug-likeness (QED) is 0.671. The van der Waals surface area contributed by atoms with E-state index in [2.05, 4.69) is 0 Å². The van der Waals surface area contributed by atoms with Crippen LogP contribution in [0.3, 0.4) is 0 Å². The van der Waals surface area contributed by atoms with E-state index < -0.39 is 0 Å². The lowest BCUT2D eigenvalue weighted by Gasteiger charge is -2.14. The largest absolute Gasteiger partial charge is 0.398 e. The molecule has 0 bridgehead atoms. The van der Waals surface area contributed by atoms with Crippen LogP contribution < -0.4 is 5.73 Å². The molecule has 0 saturated heterocycles. The summed E-state index contributed by atoms with van der Waals surface area (Å²) in [4.78, 5) is 11.0. The third kappa shape index (κ3) is 2.39. The van der Waals surface area contributed by atoms with Crippen molar-refractivity contribution in [3.05, 3.63) is 53.1 Å². The van der Waals surface area contributed by atoms with Crippen LogP contribution in [-0.4, -0.2) is 6.29 Å². The molecule has 0 fully saturated rings. The van der Waals surface area contributed by atoms with Gasteiger partial charge in [0.25, 0.3) is 0 Å². The molecule has 3 heteroatoms. The first kappa shape index (κ1) is 12.7. The summed E-state index contributed by atoms with van der Waals surface area (Å²) in [6, 6.07) is 13.1. The van der Waals surface area contributed by atoms with Crippen LogP contribution in [0.1, 0.15) is 18.4 Å². The number of carbonyl (C=O) groups excluding carboxylic acids is 1. The van der Waals surface area contributed by atoms with Gasteiger partial charge in [-0.15, -0.1) is 0 Å². The molecule has 0 aliphatic heterocycles. The van der Waals surface area contributed by atoms with Crippen molar-refractivity contribution >= 4 is 23.6 Å². The number of aldehydes is 1. The van der Waals surface area contributed by atoms with Crippen molar-refractivity contribution < 1.29 is 4.79 Å². The molecule has 0 radical (unpaired) electrons. The average molecular weight is 260 g/mol. The van der Waals surface area contributed by atoms with E-state index in [0.717, 1.165) is 23.0 Å². The molecular formula is C15H14ClNO. The highest BCUT2D eigenvalue weighted by molar-refractivity contribution is 6.30. The molecule has 92 valence electrons. The molecule has 0 spiro atoms. The molecule has 0 heterocycles. The first-order valence-electron chi connectivity index (χ1n) is 5.73. The third-order valence-corrected chi connectivity index (χ3v) is 3.17. The fourth-order valence-corrected chi connectivity index (χ4v) is 2.21. The van der Waals surface area contributed by atoms with Gasteiger partial charge in [0, 0.05) is 22.2 Å². The molecule has 1 atom stereocenters. The van der Waals surface area contributed by atoms with E-state index in [0.29, 0.717) is 10.7 Å². The van der Waals surface area contributed by atoms with Gasteiger partial charge in [0.2, 0.25) is 0 Å². The number of halogens is 1. The van der Waals surface area contributed by atoms with Crippen molar-refractivity contribution in [1.29, 1.82) is 0 Å². The molecule has 2 aromatic rings. The van der Waals surface area contributed by atoms with E-state index in [4.69, 9.17) is 17.3 Å². The van der Waals surface area contributed by atoms with Crippen molar-refractivity contribution in [2.24, 2.45) is 0 Å². The highest BCUT2D eigenvalue weighted by atomic mass is 35.5. The Balaban J connectivity index is 2.65. The zero-order valence-electron chi connectivity index (χ0n) is 10.1. The van der Waals surface area contributed by atoms with Gasteiger partial charge >= 0.3 is 0 Å². The van der Waals surface area contributed by atoms with Gasteiger partial charge < -0.3 is 10.5 Å². The molecule has 2 N–H and O–H groups in total. The van der Waals surface area contributed by atoms with Crippen LogP contribution in [0, 0.1) is 0 Å². The van der Waals surface area contributed by atoms with Crippen molar-refractivity contribution in [3.63, 3.8) is 0 Å². The van der Waals surface area contributed by atoms with Gasteiger partial charge in [0.05, 0.1) is 0 Å². The molecule has 0 saturated carbocycles. The van der Waals surface area contributed by atoms with Gasteiger partial charge in [-0.2, -0.15) is 0 Å². The van der Waals surface area contributed by atoms with Crippen molar-refractivity contribution in [3.8, 4) is 11.1 Å². The maximum absolute atomic E-state index is 11.0. The summed E-state index contributed by atoms with van der Waals surface area (Å²) < 4.78 is 0. The number of hydrogen-bond acceptors (Lipinski definition) is 2. The van der Waals surface area contributed by atoms with Crippen molar-refractivity contribution in [2.45, 2.75) is 12.8 Å². The van der Waals surface area contributed by atoms with Gasteiger partial charge in [-0.05, 0) is 29.3 Å². The zero-order chi connectivity index (χ0) is 13.1. The second-order valence-corrected chi connectivity index (χ2v) is 4.68. The smallest absolute Gasteiger partial charge is 0.127 e. The summed E-state index contributed by atoms with van der Waals surface area (Å²) >= 11 is 6.00. The van der Waals surface area contributed by atoms with Gasteiger partial charge in [-0.25, -0.2) is 0 Å². The number of carbonyl (C=O) groups is 1. The Morgan fingerprint density at radius 1 is 1.22 bits per heavy atom. The van der Waals surface area contributed by atoms with Crippen LogP contribution in [0.15, 0.2) is 42.5 Å². The molecule has 0 aliphatic rings. The van der Waals surface area contributed by atoms with Crippen LogP contribution in [0.2, 0.25) is 5.02 Å². The fraction of sp³-hybridized carbons (Fsp3) is 0.133. The van der Waals surface area contributed by atoms with Crippen LogP contribution in [0.4, 0.5) is 5.69 Å². The number of hydrogen-bond donors (Lipinski definition) is 1. The number of benzene rings is 2. The second kappa shape index (κ2) is 5.23. The van der Waals surface area contributed by atoms with Gasteiger partial charge in [-0.3, -0.25) is 0 Å². The first-order valence-corrected chi connectivity index (χ1v) is 6.11. The Bertz CT molecular complexity index is 580. The normalized spacial score (nSPS) is 12.1. The molecule has 18 heavy (non-hydrogen) atoms. The van der Waals surface area contributed by atoms with E-state index in [1.807, 2.05) is 49.4 Å². The third-order valence-electron chi connectivity index (χ3n) is 2.94. The minimum absolute atomic E-state index is 0.192. The lowest BCUT2D eigenvalue weighted by atomic mass is 9.91. The zero-order valence-corrected chi connectivity index (χ0v) is 10.8. The Morgan fingerprint density at radius 2 is 1.94 bits per heavy atom. The monoisotopic (exact) mass is 259 g/mol. The van der Waals surface area contributed by atoms with Crippen LogP contribution in [-0.2, 0) is 4.79 Å². The topological polar surface area (TPSA) is 43.1 Å². The Labute approximate surface area is 111 Å². The molecule has 0 amide bonds. The van der Waals surface area contributed by atoms with E-state index in [1.165, 1.54) is 0 Å². The predicted octanol–water partition coefficient (Wildman–Crippen LogP) is 3.89. The van der Waals surface area contributed by atoms with Crippen LogP contribution in [0.25, 0.3) is 11.1 Å². The molecule has 2 rings (SSSR count). The summed E-state index contributed by atoms with van der Waals surface area (Å²) in [5.41, 5.74) is 9.44. The lowest BCUT2D eigenvalue weighted by molar-refractivity contribution is -0.108. The number of anilines is 1. The standard InChI is InChI=1S/C15H14ClNO/c1-10(9-18)13-6-3-7-14(17)15(13)11-4-2-5-12(16)8-11/h2-10H,17H2,1H3. The van der Waals surface area contributed by atoms with Gasteiger partial charge in [0.15, 0.2) is 0 Å². The van der Waals surface area contributed by atoms with E-state index in [9.17, 15) is 4.79 Å². The summed E-state index contributed by atoms with van der Waals surface area (Å²) in [6.07, 6.45) is 0.919. The predicted molar refractivity (Wildman–Crippen MR) is 75.8 cm³/mol. The van der Waals surface area contributed by atoms with Crippen molar-refractivity contribution in [2.75, 3.05) is 5.73 Å². The van der Waals surface area contributed by atoms with Crippen LogP contribution in [0.5, 0.6) is 0 Å². The summed E-state index contributed by atoms with van der Waals surface area (Å²) in [6.45, 7) is 1.86. The maximum atomic E-state index is 11.0. The summed E-state index contributed by atoms with van der Waals surface area (Å²) in [7, 11) is 0. The molecular weight excluding hydrogens is 246 g/mol. The lowest BCUT2D eigenvalue weighted by Crippen LogP contribution is -2.01. The molecule has 2 nitrogen and oxygen atoms in total. The SMILES string of the molecule is CC(C=O)c1cccc(N)c1-c1cccc(Cl)c1. The van der Waals surface area contributed by atoms with Gasteiger partial charge in [-0.1, -0.05) is 42.8 Å². The average Bonchev–Trinajstić information content (AvgIpc) is 2.37. The number of rotatable bonds is 3.